The van der Waals surface area contributed by atoms with Gasteiger partial charge in [0.2, 0.25) is 0 Å². The first-order valence-corrected chi connectivity index (χ1v) is 7.40. The summed E-state index contributed by atoms with van der Waals surface area (Å²) in [5.74, 6) is 4.70. The smallest absolute Gasteiger partial charge is 0.253 e. The van der Waals surface area contributed by atoms with Crippen molar-refractivity contribution < 1.29 is 13.9 Å². The molecular weight excluding hydrogens is 340 g/mol. The first-order chi connectivity index (χ1) is 11.1. The number of hydrogen-bond donors (Lipinski definition) is 1. The summed E-state index contributed by atoms with van der Waals surface area (Å²) in [5, 5.41) is 3.32. The van der Waals surface area contributed by atoms with Gasteiger partial charge in [-0.05, 0) is 30.3 Å². The molecule has 0 aliphatic rings. The lowest BCUT2D eigenvalue weighted by Gasteiger charge is -2.04. The van der Waals surface area contributed by atoms with E-state index in [1.54, 1.807) is 24.3 Å². The zero-order valence-electron chi connectivity index (χ0n) is 11.9. The fraction of sp³-hybridized carbons (Fsp3) is 0.118. The van der Waals surface area contributed by atoms with Crippen LogP contribution in [0.4, 0.5) is 4.39 Å². The average Bonchev–Trinajstić information content (AvgIpc) is 2.54. The molecule has 1 N–H and O–H groups in total. The van der Waals surface area contributed by atoms with Crippen molar-refractivity contribution in [2.75, 3.05) is 13.2 Å². The van der Waals surface area contributed by atoms with E-state index in [2.05, 4.69) is 17.2 Å². The lowest BCUT2D eigenvalue weighted by Crippen LogP contribution is -2.24. The van der Waals surface area contributed by atoms with Gasteiger partial charge >= 0.3 is 0 Å². The van der Waals surface area contributed by atoms with Crippen LogP contribution >= 0.6 is 23.2 Å². The van der Waals surface area contributed by atoms with Crippen LogP contribution in [0.15, 0.2) is 42.5 Å². The molecular formula is C17H12Cl2FNO2. The Hall–Kier alpha value is -2.22. The first kappa shape index (κ1) is 17.1. The second-order valence-electron chi connectivity index (χ2n) is 4.38. The van der Waals surface area contributed by atoms with E-state index in [9.17, 15) is 9.18 Å². The Labute approximate surface area is 143 Å². The third kappa shape index (κ3) is 5.17. The molecule has 0 spiro atoms. The van der Waals surface area contributed by atoms with Gasteiger partial charge in [-0.2, -0.15) is 0 Å². The van der Waals surface area contributed by atoms with Crippen molar-refractivity contribution >= 4 is 29.1 Å². The number of ether oxygens (including phenoxy) is 1. The van der Waals surface area contributed by atoms with Gasteiger partial charge in [0.05, 0.1) is 17.1 Å². The molecule has 0 heterocycles. The van der Waals surface area contributed by atoms with Gasteiger partial charge in [0.1, 0.15) is 6.61 Å². The van der Waals surface area contributed by atoms with E-state index >= 15 is 0 Å². The molecule has 0 bridgehead atoms. The molecule has 0 aromatic heterocycles. The lowest BCUT2D eigenvalue weighted by atomic mass is 10.2. The second-order valence-corrected chi connectivity index (χ2v) is 5.22. The fourth-order valence-corrected chi connectivity index (χ4v) is 2.06. The molecule has 118 valence electrons. The highest BCUT2D eigenvalue weighted by atomic mass is 35.5. The highest BCUT2D eigenvalue weighted by Gasteiger charge is 2.09. The maximum absolute atomic E-state index is 13.3. The van der Waals surface area contributed by atoms with Gasteiger partial charge in [0, 0.05) is 5.02 Å². The summed E-state index contributed by atoms with van der Waals surface area (Å²) >= 11 is 11.7. The minimum Gasteiger partial charge on any atom is -0.478 e. The molecule has 3 nitrogen and oxygen atoms in total. The van der Waals surface area contributed by atoms with Gasteiger partial charge in [-0.15, -0.1) is 0 Å². The minimum absolute atomic E-state index is 0.0225. The molecule has 0 atom stereocenters. The fourth-order valence-electron chi connectivity index (χ4n) is 1.68. The Morgan fingerprint density at radius 3 is 2.74 bits per heavy atom. The Bertz CT molecular complexity index is 769. The zero-order valence-corrected chi connectivity index (χ0v) is 13.4. The van der Waals surface area contributed by atoms with Crippen LogP contribution in [-0.2, 0) is 0 Å². The molecule has 2 aromatic rings. The molecule has 0 fully saturated rings. The molecule has 0 saturated carbocycles. The number of halogens is 3. The van der Waals surface area contributed by atoms with E-state index in [1.807, 2.05) is 0 Å². The van der Waals surface area contributed by atoms with Crippen LogP contribution in [0.2, 0.25) is 10.0 Å². The summed E-state index contributed by atoms with van der Waals surface area (Å²) in [6.45, 7) is 0.136. The third-order valence-corrected chi connectivity index (χ3v) is 3.34. The molecule has 23 heavy (non-hydrogen) atoms. The summed E-state index contributed by atoms with van der Waals surface area (Å²) in [6.07, 6.45) is 0. The standard InChI is InChI=1S/C17H12Cl2FNO2/c18-12-7-8-14(19)13(11-12)17(22)21-9-3-4-10-23-16-6-2-1-5-15(16)20/h1-2,5-8,11H,9-10H2,(H,21,22). The number of amides is 1. The van der Waals surface area contributed by atoms with Crippen molar-refractivity contribution in [1.29, 1.82) is 0 Å². The van der Waals surface area contributed by atoms with Crippen LogP contribution < -0.4 is 10.1 Å². The van der Waals surface area contributed by atoms with E-state index in [0.29, 0.717) is 10.0 Å². The van der Waals surface area contributed by atoms with Crippen molar-refractivity contribution in [2.24, 2.45) is 0 Å². The molecule has 0 saturated heterocycles. The molecule has 6 heteroatoms. The number of benzene rings is 2. The number of carbonyl (C=O) groups excluding carboxylic acids is 1. The maximum atomic E-state index is 13.3. The Morgan fingerprint density at radius 1 is 1.17 bits per heavy atom. The van der Waals surface area contributed by atoms with Crippen molar-refractivity contribution in [3.8, 4) is 17.6 Å². The van der Waals surface area contributed by atoms with Crippen LogP contribution in [0.25, 0.3) is 0 Å². The van der Waals surface area contributed by atoms with Crippen LogP contribution in [-0.4, -0.2) is 19.1 Å². The zero-order chi connectivity index (χ0) is 16.7. The van der Waals surface area contributed by atoms with Crippen molar-refractivity contribution in [3.05, 3.63) is 63.9 Å². The molecule has 0 unspecified atom stereocenters. The molecule has 0 aliphatic heterocycles. The average molecular weight is 352 g/mol. The number of carbonyl (C=O) groups is 1. The number of hydrogen-bond acceptors (Lipinski definition) is 2. The predicted octanol–water partition coefficient (Wildman–Crippen LogP) is 3.94. The van der Waals surface area contributed by atoms with Gasteiger partial charge in [0.25, 0.3) is 5.91 Å². The van der Waals surface area contributed by atoms with Crippen molar-refractivity contribution in [1.82, 2.24) is 5.32 Å². The van der Waals surface area contributed by atoms with Crippen LogP contribution in [0.3, 0.4) is 0 Å². The SMILES string of the molecule is O=C(NCC#CCOc1ccccc1F)c1cc(Cl)ccc1Cl. The normalized spacial score (nSPS) is 9.70. The lowest BCUT2D eigenvalue weighted by molar-refractivity contribution is 0.0959. The van der Waals surface area contributed by atoms with Gasteiger partial charge < -0.3 is 10.1 Å². The van der Waals surface area contributed by atoms with E-state index in [0.717, 1.165) is 0 Å². The first-order valence-electron chi connectivity index (χ1n) is 6.64. The van der Waals surface area contributed by atoms with Gasteiger partial charge in [0.15, 0.2) is 11.6 Å². The van der Waals surface area contributed by atoms with Crippen molar-refractivity contribution in [2.45, 2.75) is 0 Å². The van der Waals surface area contributed by atoms with E-state index in [4.69, 9.17) is 27.9 Å². The maximum Gasteiger partial charge on any atom is 0.253 e. The highest BCUT2D eigenvalue weighted by Crippen LogP contribution is 2.20. The number of nitrogens with one attached hydrogen (secondary N) is 1. The Morgan fingerprint density at radius 2 is 1.96 bits per heavy atom. The van der Waals surface area contributed by atoms with Crippen molar-refractivity contribution in [3.63, 3.8) is 0 Å². The van der Waals surface area contributed by atoms with E-state index in [1.165, 1.54) is 18.2 Å². The molecule has 2 rings (SSSR count). The second kappa shape index (κ2) is 8.42. The topological polar surface area (TPSA) is 38.3 Å². The number of para-hydroxylation sites is 1. The summed E-state index contributed by atoms with van der Waals surface area (Å²) in [5.41, 5.74) is 0.281. The molecule has 1 amide bonds. The van der Waals surface area contributed by atoms with Gasteiger partial charge in [-0.1, -0.05) is 47.2 Å². The van der Waals surface area contributed by atoms with Gasteiger partial charge in [-0.25, -0.2) is 4.39 Å². The Balaban J connectivity index is 1.80. The summed E-state index contributed by atoms with van der Waals surface area (Å²) < 4.78 is 18.4. The number of rotatable bonds is 4. The third-order valence-electron chi connectivity index (χ3n) is 2.77. The minimum atomic E-state index is -0.446. The summed E-state index contributed by atoms with van der Waals surface area (Å²) in [6, 6.07) is 10.7. The van der Waals surface area contributed by atoms with Crippen LogP contribution in [0, 0.1) is 17.7 Å². The molecule has 0 radical (unpaired) electrons. The van der Waals surface area contributed by atoms with Crippen LogP contribution in [0.5, 0.6) is 5.75 Å². The quantitative estimate of drug-likeness (QED) is 0.847. The summed E-state index contributed by atoms with van der Waals surface area (Å²) in [4.78, 5) is 11.9. The monoisotopic (exact) mass is 351 g/mol. The molecule has 2 aromatic carbocycles. The van der Waals surface area contributed by atoms with Crippen LogP contribution in [0.1, 0.15) is 10.4 Å². The molecule has 0 aliphatic carbocycles. The van der Waals surface area contributed by atoms with E-state index in [-0.39, 0.29) is 30.4 Å². The Kier molecular flexibility index (Phi) is 6.28. The largest absolute Gasteiger partial charge is 0.478 e. The van der Waals surface area contributed by atoms with Gasteiger partial charge in [-0.3, -0.25) is 4.79 Å². The predicted molar refractivity (Wildman–Crippen MR) is 88.5 cm³/mol. The highest BCUT2D eigenvalue weighted by molar-refractivity contribution is 6.35. The summed E-state index contributed by atoms with van der Waals surface area (Å²) in [7, 11) is 0. The van der Waals surface area contributed by atoms with E-state index < -0.39 is 5.82 Å².